The van der Waals surface area contributed by atoms with Crippen LogP contribution in [0.4, 0.5) is 0 Å². The topological polar surface area (TPSA) is 121 Å². The van der Waals surface area contributed by atoms with Crippen molar-refractivity contribution in [1.82, 2.24) is 45.3 Å². The van der Waals surface area contributed by atoms with Gasteiger partial charge in [0.1, 0.15) is 6.33 Å². The van der Waals surface area contributed by atoms with E-state index in [1.807, 2.05) is 24.2 Å². The summed E-state index contributed by atoms with van der Waals surface area (Å²) in [6.45, 7) is 4.00. The standard InChI is InChI=1S/C36H45N9O3/c1-42-23-38-34(41-42)26-5-3-24(4-6-26)25-11-15-44(16-12-25)32(46)21-43-17-13-36(22-43)14-18-45(35(36)47)28-8-9-30-29(19-28)33(40-39-30)27-7-10-31(48-2)37-20-27/h3-7,10-11,20,23,28-30,33,39-40H,8-9,12-19,21-22H2,1-2H3/t28?,29?,30?,33?,36-/m0/s1. The molecule has 1 spiro atoms. The van der Waals surface area contributed by atoms with Gasteiger partial charge in [-0.2, -0.15) is 5.10 Å². The first kappa shape index (κ1) is 31.2. The number of aromatic nitrogens is 4. The molecule has 48 heavy (non-hydrogen) atoms. The Morgan fingerprint density at radius 2 is 1.85 bits per heavy atom. The largest absolute Gasteiger partial charge is 0.481 e. The molecule has 8 rings (SSSR count). The average molecular weight is 652 g/mol. The highest BCUT2D eigenvalue weighted by Crippen LogP contribution is 2.45. The average Bonchev–Trinajstić information content (AvgIpc) is 3.92. The van der Waals surface area contributed by atoms with Crippen LogP contribution in [0.2, 0.25) is 0 Å². The van der Waals surface area contributed by atoms with Gasteiger partial charge < -0.3 is 14.5 Å². The summed E-state index contributed by atoms with van der Waals surface area (Å²) in [5, 5.41) is 4.39. The van der Waals surface area contributed by atoms with E-state index in [-0.39, 0.29) is 23.4 Å². The molecule has 12 nitrogen and oxygen atoms in total. The highest BCUT2D eigenvalue weighted by atomic mass is 16.5. The molecule has 3 aromatic rings. The number of aryl methyl sites for hydroxylation is 1. The minimum atomic E-state index is -0.353. The fourth-order valence-corrected chi connectivity index (χ4v) is 8.77. The third-order valence-electron chi connectivity index (χ3n) is 11.5. The quantitative estimate of drug-likeness (QED) is 0.398. The first-order valence-corrected chi connectivity index (χ1v) is 17.4. The van der Waals surface area contributed by atoms with Gasteiger partial charge in [0.05, 0.1) is 25.1 Å². The Bertz CT molecular complexity index is 1690. The van der Waals surface area contributed by atoms with E-state index in [4.69, 9.17) is 4.74 Å². The Labute approximate surface area is 281 Å². The lowest BCUT2D eigenvalue weighted by atomic mass is 9.77. The second-order valence-corrected chi connectivity index (χ2v) is 14.3. The van der Waals surface area contributed by atoms with Crippen molar-refractivity contribution in [3.05, 3.63) is 66.1 Å². The second-order valence-electron chi connectivity index (χ2n) is 14.3. The number of benzene rings is 1. The van der Waals surface area contributed by atoms with Gasteiger partial charge in [0, 0.05) is 63.1 Å². The molecule has 1 aliphatic carbocycles. The summed E-state index contributed by atoms with van der Waals surface area (Å²) >= 11 is 0. The third kappa shape index (κ3) is 5.79. The van der Waals surface area contributed by atoms with Crippen molar-refractivity contribution in [2.45, 2.75) is 56.7 Å². The van der Waals surface area contributed by atoms with Gasteiger partial charge in [0.25, 0.3) is 0 Å². The van der Waals surface area contributed by atoms with Crippen LogP contribution >= 0.6 is 0 Å². The van der Waals surface area contributed by atoms with Crippen LogP contribution in [0.25, 0.3) is 17.0 Å². The first-order valence-electron chi connectivity index (χ1n) is 17.4. The lowest BCUT2D eigenvalue weighted by Gasteiger charge is -2.38. The first-order chi connectivity index (χ1) is 23.4. The lowest BCUT2D eigenvalue weighted by molar-refractivity contribution is -0.139. The van der Waals surface area contributed by atoms with Gasteiger partial charge in [-0.15, -0.1) is 0 Å². The van der Waals surface area contributed by atoms with Gasteiger partial charge in [-0.3, -0.25) is 24.6 Å². The summed E-state index contributed by atoms with van der Waals surface area (Å²) in [5.74, 6) is 2.18. The van der Waals surface area contributed by atoms with Crippen LogP contribution in [-0.2, 0) is 16.6 Å². The number of likely N-dealkylation sites (tertiary alicyclic amines) is 2. The summed E-state index contributed by atoms with van der Waals surface area (Å²) in [6.07, 6.45) is 11.4. The number of methoxy groups -OCH3 is 1. The molecule has 5 atom stereocenters. The summed E-state index contributed by atoms with van der Waals surface area (Å²) < 4.78 is 6.96. The number of nitrogens with zero attached hydrogens (tertiary/aromatic N) is 7. The monoisotopic (exact) mass is 651 g/mol. The van der Waals surface area contributed by atoms with E-state index in [0.29, 0.717) is 49.9 Å². The van der Waals surface area contributed by atoms with Crippen LogP contribution < -0.4 is 15.6 Å². The number of amides is 2. The van der Waals surface area contributed by atoms with Crippen LogP contribution in [-0.4, -0.2) is 105 Å². The van der Waals surface area contributed by atoms with E-state index < -0.39 is 0 Å². The second kappa shape index (κ2) is 12.7. The molecule has 252 valence electrons. The highest BCUT2D eigenvalue weighted by Gasteiger charge is 2.53. The van der Waals surface area contributed by atoms with Crippen LogP contribution in [0, 0.1) is 11.3 Å². The molecule has 2 aromatic heterocycles. The van der Waals surface area contributed by atoms with Crippen LogP contribution in [0.5, 0.6) is 5.88 Å². The van der Waals surface area contributed by atoms with Gasteiger partial charge in [-0.25, -0.2) is 15.4 Å². The highest BCUT2D eigenvalue weighted by molar-refractivity contribution is 5.86. The molecule has 5 aliphatic rings. The maximum atomic E-state index is 14.1. The molecule has 1 saturated carbocycles. The Kier molecular flexibility index (Phi) is 8.26. The SMILES string of the molecule is COc1ccc(C2NNC3CCC(N4CC[C@]5(CCN(CC(=O)N6CC=C(c7ccc(-c8ncn(C)n8)cc7)CC6)C5)C4=O)CC32)cn1. The Balaban J connectivity index is 0.846. The van der Waals surface area contributed by atoms with E-state index in [1.165, 1.54) is 11.1 Å². The Morgan fingerprint density at radius 3 is 2.58 bits per heavy atom. The molecule has 4 unspecified atom stereocenters. The number of fused-ring (bicyclic) bond motifs is 1. The number of nitrogens with one attached hydrogen (secondary N) is 2. The Morgan fingerprint density at radius 1 is 1.02 bits per heavy atom. The van der Waals surface area contributed by atoms with Gasteiger partial charge in [-0.05, 0) is 67.7 Å². The number of rotatable bonds is 7. The van der Waals surface area contributed by atoms with Crippen molar-refractivity contribution >= 4 is 17.4 Å². The van der Waals surface area contributed by atoms with Crippen molar-refractivity contribution in [3.8, 4) is 17.3 Å². The molecule has 3 saturated heterocycles. The van der Waals surface area contributed by atoms with E-state index in [9.17, 15) is 9.59 Å². The maximum Gasteiger partial charge on any atom is 0.237 e. The summed E-state index contributed by atoms with van der Waals surface area (Å²) in [7, 11) is 3.50. The molecular weight excluding hydrogens is 606 g/mol. The lowest BCUT2D eigenvalue weighted by Crippen LogP contribution is -2.47. The summed E-state index contributed by atoms with van der Waals surface area (Å²) in [6, 6.07) is 13.1. The minimum absolute atomic E-state index is 0.153. The molecule has 4 aliphatic heterocycles. The Hall–Kier alpha value is -4.13. The zero-order chi connectivity index (χ0) is 32.8. The van der Waals surface area contributed by atoms with E-state index in [2.05, 4.69) is 72.1 Å². The van der Waals surface area contributed by atoms with Crippen molar-refractivity contribution in [1.29, 1.82) is 0 Å². The molecule has 4 fully saturated rings. The summed E-state index contributed by atoms with van der Waals surface area (Å²) in [5.41, 5.74) is 11.2. The molecule has 2 N–H and O–H groups in total. The van der Waals surface area contributed by atoms with Crippen molar-refractivity contribution in [3.63, 3.8) is 0 Å². The number of carbonyl (C=O) groups is 2. The molecule has 2 amide bonds. The van der Waals surface area contributed by atoms with Crippen LogP contribution in [0.3, 0.4) is 0 Å². The zero-order valence-electron chi connectivity index (χ0n) is 27.8. The van der Waals surface area contributed by atoms with Crippen molar-refractivity contribution < 1.29 is 14.3 Å². The van der Waals surface area contributed by atoms with Gasteiger partial charge in [0.15, 0.2) is 5.82 Å². The number of hydrogen-bond donors (Lipinski definition) is 2. The maximum absolute atomic E-state index is 14.1. The predicted molar refractivity (Wildman–Crippen MR) is 180 cm³/mol. The molecule has 1 aromatic carbocycles. The fraction of sp³-hybridized carbons (Fsp3) is 0.528. The van der Waals surface area contributed by atoms with Crippen molar-refractivity contribution in [2.75, 3.05) is 46.4 Å². The predicted octanol–water partition coefficient (Wildman–Crippen LogP) is 2.81. The molecule has 0 radical (unpaired) electrons. The fourth-order valence-electron chi connectivity index (χ4n) is 8.77. The summed E-state index contributed by atoms with van der Waals surface area (Å²) in [4.78, 5) is 42.6. The number of hydrazine groups is 1. The third-order valence-corrected chi connectivity index (χ3v) is 11.5. The number of hydrogen-bond acceptors (Lipinski definition) is 9. The van der Waals surface area contributed by atoms with E-state index in [1.54, 1.807) is 18.1 Å². The number of pyridine rings is 1. The number of carbonyl (C=O) groups excluding carboxylic acids is 2. The van der Waals surface area contributed by atoms with Gasteiger partial charge in [-0.1, -0.05) is 36.4 Å². The van der Waals surface area contributed by atoms with Crippen LogP contribution in [0.1, 0.15) is 55.7 Å². The minimum Gasteiger partial charge on any atom is -0.481 e. The molecule has 12 heteroatoms. The molecular formula is C36H45N9O3. The van der Waals surface area contributed by atoms with Crippen LogP contribution in [0.15, 0.2) is 55.0 Å². The number of ether oxygens (including phenoxy) is 1. The zero-order valence-corrected chi connectivity index (χ0v) is 27.8. The molecule has 6 heterocycles. The smallest absolute Gasteiger partial charge is 0.237 e. The van der Waals surface area contributed by atoms with E-state index in [0.717, 1.165) is 68.6 Å². The van der Waals surface area contributed by atoms with Gasteiger partial charge in [0.2, 0.25) is 17.7 Å². The molecule has 0 bridgehead atoms. The van der Waals surface area contributed by atoms with Crippen molar-refractivity contribution in [2.24, 2.45) is 18.4 Å². The van der Waals surface area contributed by atoms with E-state index >= 15 is 0 Å². The van der Waals surface area contributed by atoms with Gasteiger partial charge >= 0.3 is 0 Å². The normalized spacial score (nSPS) is 29.0.